The van der Waals surface area contributed by atoms with Crippen molar-refractivity contribution < 1.29 is 27.5 Å². The maximum atomic E-state index is 13.6. The van der Waals surface area contributed by atoms with E-state index in [1.807, 2.05) is 9.80 Å². The van der Waals surface area contributed by atoms with Gasteiger partial charge in [0.1, 0.15) is 17.7 Å². The van der Waals surface area contributed by atoms with Crippen LogP contribution in [0.15, 0.2) is 23.1 Å². The largest absolute Gasteiger partial charge is 0.444 e. The van der Waals surface area contributed by atoms with E-state index in [0.717, 1.165) is 11.1 Å². The zero-order chi connectivity index (χ0) is 29.0. The van der Waals surface area contributed by atoms with Gasteiger partial charge in [-0.3, -0.25) is 14.5 Å². The molecule has 0 saturated carbocycles. The van der Waals surface area contributed by atoms with Crippen molar-refractivity contribution >= 4 is 27.9 Å². The molecular weight excluding hydrogens is 536 g/mol. The molecule has 13 heteroatoms. The Balaban J connectivity index is 1.31. The summed E-state index contributed by atoms with van der Waals surface area (Å²) in [5.41, 5.74) is 1.07. The molecule has 3 amide bonds. The summed E-state index contributed by atoms with van der Waals surface area (Å²) < 4.78 is 29.0. The standard InChI is InChI=1S/C27H36N6O6S/c1-27(2,3)39-26(36)30-21(24(34)32-10-4-5-17(32)13-28)15-31-14-18-12-23(31)25(35)33(18)22-9-6-16-11-19(40(29,37)38)7-8-20(16)22/h7-8,11,17-18,21-23H,4-6,9-10,12,14-15H2,1-3H3,(H,30,36)(H2,29,37,38)/t17?,18?,21-,22?,23-/m0/s1. The van der Waals surface area contributed by atoms with Gasteiger partial charge in [0.05, 0.1) is 23.0 Å². The number of nitriles is 1. The summed E-state index contributed by atoms with van der Waals surface area (Å²) in [7, 11) is -3.81. The molecule has 40 heavy (non-hydrogen) atoms. The van der Waals surface area contributed by atoms with Crippen LogP contribution in [-0.4, -0.2) is 90.4 Å². The molecule has 4 aliphatic rings. The Morgan fingerprint density at radius 1 is 1.25 bits per heavy atom. The average Bonchev–Trinajstić information content (AvgIpc) is 3.64. The van der Waals surface area contributed by atoms with Crippen molar-refractivity contribution in [2.75, 3.05) is 19.6 Å². The normalized spacial score (nSPS) is 27.0. The lowest BCUT2D eigenvalue weighted by Crippen LogP contribution is -2.59. The number of benzene rings is 1. The fourth-order valence-corrected chi connectivity index (χ4v) is 7.14. The van der Waals surface area contributed by atoms with Gasteiger partial charge in [0, 0.05) is 25.7 Å². The molecule has 3 aliphatic heterocycles. The third kappa shape index (κ3) is 5.40. The summed E-state index contributed by atoms with van der Waals surface area (Å²) >= 11 is 0. The average molecular weight is 573 g/mol. The van der Waals surface area contributed by atoms with Crippen LogP contribution in [0, 0.1) is 11.3 Å². The molecule has 12 nitrogen and oxygen atoms in total. The fraction of sp³-hybridized carbons (Fsp3) is 0.630. The second-order valence-electron chi connectivity index (χ2n) is 12.1. The molecule has 3 saturated heterocycles. The molecule has 0 spiro atoms. The Labute approximate surface area is 234 Å². The highest BCUT2D eigenvalue weighted by Crippen LogP contribution is 2.44. The van der Waals surface area contributed by atoms with E-state index in [1.54, 1.807) is 32.9 Å². The number of amides is 3. The van der Waals surface area contributed by atoms with Crippen molar-refractivity contribution in [3.05, 3.63) is 29.3 Å². The summed E-state index contributed by atoms with van der Waals surface area (Å²) in [4.78, 5) is 45.3. The van der Waals surface area contributed by atoms with Crippen LogP contribution in [-0.2, 0) is 30.8 Å². The van der Waals surface area contributed by atoms with Crippen molar-refractivity contribution in [3.8, 4) is 6.07 Å². The highest BCUT2D eigenvalue weighted by molar-refractivity contribution is 7.89. The van der Waals surface area contributed by atoms with Crippen LogP contribution >= 0.6 is 0 Å². The number of carbonyl (C=O) groups is 3. The molecule has 3 heterocycles. The van der Waals surface area contributed by atoms with Crippen molar-refractivity contribution in [2.24, 2.45) is 5.14 Å². The van der Waals surface area contributed by atoms with Crippen molar-refractivity contribution in [2.45, 2.75) is 93.6 Å². The van der Waals surface area contributed by atoms with Gasteiger partial charge in [0.25, 0.3) is 0 Å². The van der Waals surface area contributed by atoms with Crippen LogP contribution in [0.1, 0.15) is 63.6 Å². The molecule has 3 fully saturated rings. The smallest absolute Gasteiger partial charge is 0.408 e. The van der Waals surface area contributed by atoms with Gasteiger partial charge >= 0.3 is 6.09 Å². The van der Waals surface area contributed by atoms with Gasteiger partial charge in [0.15, 0.2) is 0 Å². The Morgan fingerprint density at radius 2 is 2.00 bits per heavy atom. The van der Waals surface area contributed by atoms with Crippen LogP contribution in [0.25, 0.3) is 0 Å². The Hall–Kier alpha value is -3.21. The number of primary sulfonamides is 1. The Bertz CT molecular complexity index is 1370. The summed E-state index contributed by atoms with van der Waals surface area (Å²) in [5, 5.41) is 17.5. The number of likely N-dealkylation sites (tertiary alicyclic amines) is 3. The van der Waals surface area contributed by atoms with Gasteiger partial charge in [-0.1, -0.05) is 6.07 Å². The van der Waals surface area contributed by atoms with Crippen LogP contribution in [0.3, 0.4) is 0 Å². The predicted octanol–water partition coefficient (Wildman–Crippen LogP) is 1.01. The molecule has 0 radical (unpaired) electrons. The lowest BCUT2D eigenvalue weighted by atomic mass is 10.1. The number of nitrogens with two attached hydrogens (primary N) is 1. The van der Waals surface area contributed by atoms with E-state index in [2.05, 4.69) is 11.4 Å². The molecular formula is C27H36N6O6S. The summed E-state index contributed by atoms with van der Waals surface area (Å²) in [6, 6.07) is 4.86. The molecule has 5 rings (SSSR count). The number of rotatable bonds is 6. The first-order chi connectivity index (χ1) is 18.8. The number of nitrogens with zero attached hydrogens (tertiary/aromatic N) is 4. The van der Waals surface area contributed by atoms with Gasteiger partial charge in [-0.25, -0.2) is 18.4 Å². The number of piperazine rings is 1. The second-order valence-corrected chi connectivity index (χ2v) is 13.6. The Morgan fingerprint density at radius 3 is 2.65 bits per heavy atom. The quantitative estimate of drug-likeness (QED) is 0.510. The summed E-state index contributed by atoms with van der Waals surface area (Å²) in [5.74, 6) is -0.387. The second kappa shape index (κ2) is 10.3. The number of carbonyl (C=O) groups excluding carboxylic acids is 3. The third-order valence-corrected chi connectivity index (χ3v) is 9.14. The number of nitrogens with one attached hydrogen (secondary N) is 1. The van der Waals surface area contributed by atoms with Gasteiger partial charge < -0.3 is 19.9 Å². The lowest BCUT2D eigenvalue weighted by Gasteiger charge is -2.39. The number of sulfonamides is 1. The van der Waals surface area contributed by atoms with E-state index in [4.69, 9.17) is 9.88 Å². The summed E-state index contributed by atoms with van der Waals surface area (Å²) in [6.45, 7) is 6.32. The third-order valence-electron chi connectivity index (χ3n) is 8.23. The number of fused-ring (bicyclic) bond motifs is 3. The molecule has 1 aliphatic carbocycles. The minimum atomic E-state index is -3.81. The van der Waals surface area contributed by atoms with Crippen LogP contribution in [0.5, 0.6) is 0 Å². The van der Waals surface area contributed by atoms with Crippen molar-refractivity contribution in [1.29, 1.82) is 5.26 Å². The zero-order valence-electron chi connectivity index (χ0n) is 23.0. The van der Waals surface area contributed by atoms with Crippen LogP contribution in [0.4, 0.5) is 4.79 Å². The lowest BCUT2D eigenvalue weighted by molar-refractivity contribution is -0.141. The molecule has 1 aromatic carbocycles. The zero-order valence-corrected chi connectivity index (χ0v) is 23.8. The maximum absolute atomic E-state index is 13.6. The molecule has 3 N–H and O–H groups in total. The van der Waals surface area contributed by atoms with Gasteiger partial charge in [-0.15, -0.1) is 0 Å². The van der Waals surface area contributed by atoms with E-state index >= 15 is 0 Å². The monoisotopic (exact) mass is 572 g/mol. The number of hydrogen-bond acceptors (Lipinski definition) is 8. The van der Waals surface area contributed by atoms with Gasteiger partial charge in [-0.2, -0.15) is 5.26 Å². The first-order valence-electron chi connectivity index (χ1n) is 13.7. The SMILES string of the molecule is CC(C)(C)OC(=O)N[C@@H](CN1CC2C[C@H]1C(=O)N2C1CCc2cc(S(N)(=O)=O)ccc21)C(=O)N1CCCC1C#N. The van der Waals surface area contributed by atoms with E-state index in [1.165, 1.54) is 11.0 Å². The maximum Gasteiger partial charge on any atom is 0.408 e. The molecule has 0 aromatic heterocycles. The highest BCUT2D eigenvalue weighted by atomic mass is 32.2. The van der Waals surface area contributed by atoms with E-state index in [0.29, 0.717) is 45.2 Å². The minimum absolute atomic E-state index is 0.0378. The van der Waals surface area contributed by atoms with Gasteiger partial charge in [0.2, 0.25) is 21.8 Å². The molecule has 3 unspecified atom stereocenters. The molecule has 1 aromatic rings. The number of ether oxygens (including phenoxy) is 1. The van der Waals surface area contributed by atoms with Crippen molar-refractivity contribution in [3.63, 3.8) is 0 Å². The highest BCUT2D eigenvalue weighted by Gasteiger charge is 2.53. The van der Waals surface area contributed by atoms with Crippen LogP contribution in [0.2, 0.25) is 0 Å². The minimum Gasteiger partial charge on any atom is -0.444 e. The molecule has 2 bridgehead atoms. The van der Waals surface area contributed by atoms with E-state index < -0.39 is 39.8 Å². The van der Waals surface area contributed by atoms with E-state index in [9.17, 15) is 28.1 Å². The van der Waals surface area contributed by atoms with Crippen LogP contribution < -0.4 is 10.5 Å². The summed E-state index contributed by atoms with van der Waals surface area (Å²) in [6.07, 6.45) is 2.54. The Kier molecular flexibility index (Phi) is 7.31. The fourth-order valence-electron chi connectivity index (χ4n) is 6.57. The van der Waals surface area contributed by atoms with Crippen molar-refractivity contribution in [1.82, 2.24) is 20.0 Å². The first-order valence-corrected chi connectivity index (χ1v) is 15.2. The van der Waals surface area contributed by atoms with E-state index in [-0.39, 0.29) is 35.3 Å². The van der Waals surface area contributed by atoms with Gasteiger partial charge in [-0.05, 0) is 76.1 Å². The molecule has 216 valence electrons. The first kappa shape index (κ1) is 28.3. The number of hydrogen-bond donors (Lipinski definition) is 2. The number of alkyl carbamates (subject to hydrolysis) is 1. The number of aryl methyl sites for hydroxylation is 1. The molecule has 5 atom stereocenters. The predicted molar refractivity (Wildman–Crippen MR) is 143 cm³/mol. The topological polar surface area (TPSA) is 166 Å².